The van der Waals surface area contributed by atoms with E-state index >= 15 is 0 Å². The van der Waals surface area contributed by atoms with E-state index in [0.29, 0.717) is 72.3 Å². The number of pyridine rings is 3. The standard InChI is InChI=1S/C27H23N5O2.C25H19N5O.C19H15ClN4.C6H6BNO3/c33-24(34)12-11-20-15-22(18-28-16-20)26-30-27(29-17-19-7-3-1-4-8-19)25-23(13-14-32(25)31-26)21-9-5-2-6-10-21;31-17-19-13-21(16-26-14-19)24-28-25(27-15-18-7-3-1-4-8-18)23-22(11-12-30(23)29-24)20-9-5-2-6-10-20;20-19-22-18(21-13-14-7-3-1-4-8-14)17-16(11-12-24(17)23-19)15-9-5-2-6-10-15;9-4-5-1-6(7(10)11)3-8-2-5/h1-10,13-16,18H,11-12,17H2,(H,33,34)(H,29,30,31);1-14,16-17H,15H2,(H,27,28,29);1-12H,13H2,(H,21,22,23);1-4,10-11H. The van der Waals surface area contributed by atoms with E-state index in [1.165, 1.54) is 30.2 Å². The third kappa shape index (κ3) is 17.0. The average molecular weight is 1340 g/mol. The fraction of sp³-hybridized carbons (Fsp3) is 0.0649. The van der Waals surface area contributed by atoms with Crippen LogP contribution in [0.25, 0.3) is 72.7 Å². The highest BCUT2D eigenvalue weighted by Crippen LogP contribution is 2.35. The quantitative estimate of drug-likeness (QED) is 0.0305. The van der Waals surface area contributed by atoms with Gasteiger partial charge in [-0.3, -0.25) is 29.3 Å². The summed E-state index contributed by atoms with van der Waals surface area (Å²) in [6.45, 7) is 1.91. The molecule has 0 bridgehead atoms. The molecular weight excluding hydrogens is 1280 g/mol. The van der Waals surface area contributed by atoms with Crippen molar-refractivity contribution in [3.63, 3.8) is 0 Å². The lowest BCUT2D eigenvalue weighted by Gasteiger charge is -2.12. The molecule has 0 saturated heterocycles. The molecule has 21 nitrogen and oxygen atoms in total. The van der Waals surface area contributed by atoms with Gasteiger partial charge in [-0.1, -0.05) is 182 Å². The Morgan fingerprint density at radius 1 is 0.420 bits per heavy atom. The van der Waals surface area contributed by atoms with Gasteiger partial charge in [0.2, 0.25) is 5.28 Å². The first-order chi connectivity index (χ1) is 49.0. The molecule has 0 amide bonds. The minimum Gasteiger partial charge on any atom is -0.481 e. The zero-order valence-corrected chi connectivity index (χ0v) is 54.3. The molecule has 9 heterocycles. The van der Waals surface area contributed by atoms with Crippen LogP contribution in [0.3, 0.4) is 0 Å². The summed E-state index contributed by atoms with van der Waals surface area (Å²) in [5.41, 5.74) is 15.9. The van der Waals surface area contributed by atoms with Gasteiger partial charge in [-0.15, -0.1) is 15.3 Å². The van der Waals surface area contributed by atoms with E-state index in [-0.39, 0.29) is 17.2 Å². The fourth-order valence-electron chi connectivity index (χ4n) is 10.9. The molecule has 6 aromatic carbocycles. The number of aliphatic carboxylic acids is 1. The lowest BCUT2D eigenvalue weighted by molar-refractivity contribution is -0.136. The lowest BCUT2D eigenvalue weighted by Crippen LogP contribution is -2.30. The van der Waals surface area contributed by atoms with Crippen molar-refractivity contribution in [1.82, 2.24) is 58.7 Å². The molecule has 15 rings (SSSR count). The Labute approximate surface area is 579 Å². The number of aromatic nitrogens is 12. The topological polar surface area (TPSA) is 277 Å². The minimum atomic E-state index is -1.57. The summed E-state index contributed by atoms with van der Waals surface area (Å²) in [6.07, 6.45) is 16.8. The number of carbonyl (C=O) groups is 3. The molecule has 0 fully saturated rings. The zero-order chi connectivity index (χ0) is 69.0. The predicted octanol–water partition coefficient (Wildman–Crippen LogP) is 13.2. The van der Waals surface area contributed by atoms with Crippen molar-refractivity contribution >= 4 is 76.7 Å². The van der Waals surface area contributed by atoms with Gasteiger partial charge in [0.15, 0.2) is 41.7 Å². The van der Waals surface area contributed by atoms with Gasteiger partial charge in [-0.05, 0) is 93.4 Å². The van der Waals surface area contributed by atoms with E-state index in [1.807, 2.05) is 161 Å². The van der Waals surface area contributed by atoms with Crippen LogP contribution in [0.5, 0.6) is 0 Å². The number of hydrogen-bond donors (Lipinski definition) is 6. The number of anilines is 3. The van der Waals surface area contributed by atoms with Gasteiger partial charge >= 0.3 is 13.1 Å². The summed E-state index contributed by atoms with van der Waals surface area (Å²) >= 11 is 6.08. The van der Waals surface area contributed by atoms with E-state index in [1.54, 1.807) is 29.2 Å². The van der Waals surface area contributed by atoms with Gasteiger partial charge in [-0.2, -0.15) is 4.98 Å². The summed E-state index contributed by atoms with van der Waals surface area (Å²) in [7, 11) is -1.57. The first-order valence-corrected chi connectivity index (χ1v) is 32.1. The summed E-state index contributed by atoms with van der Waals surface area (Å²) in [4.78, 5) is 58.5. The molecule has 0 spiro atoms. The number of nitrogens with one attached hydrogen (secondary N) is 3. The van der Waals surface area contributed by atoms with E-state index in [0.717, 1.165) is 84.3 Å². The second-order valence-corrected chi connectivity index (χ2v) is 23.0. The van der Waals surface area contributed by atoms with Crippen molar-refractivity contribution in [3.8, 4) is 56.2 Å². The van der Waals surface area contributed by atoms with E-state index in [9.17, 15) is 14.4 Å². The highest BCUT2D eigenvalue weighted by molar-refractivity contribution is 6.58. The van der Waals surface area contributed by atoms with Crippen molar-refractivity contribution in [3.05, 3.63) is 313 Å². The first kappa shape index (κ1) is 67.1. The number of benzene rings is 6. The van der Waals surface area contributed by atoms with Gasteiger partial charge < -0.3 is 31.1 Å². The number of aryl methyl sites for hydroxylation is 1. The minimum absolute atomic E-state index is 0.0486. The number of carbonyl (C=O) groups excluding carboxylic acids is 2. The van der Waals surface area contributed by atoms with Crippen molar-refractivity contribution in [2.45, 2.75) is 32.5 Å². The zero-order valence-electron chi connectivity index (χ0n) is 53.6. The van der Waals surface area contributed by atoms with Crippen molar-refractivity contribution in [1.29, 1.82) is 0 Å². The molecular formula is C77H63BClN15O6. The Hall–Kier alpha value is -12.9. The molecule has 9 aromatic heterocycles. The van der Waals surface area contributed by atoms with Gasteiger partial charge in [0.1, 0.15) is 16.6 Å². The van der Waals surface area contributed by atoms with Crippen molar-refractivity contribution in [2.24, 2.45) is 0 Å². The molecule has 0 unspecified atom stereocenters. The smallest absolute Gasteiger partial charge is 0.481 e. The number of carboxylic acid groups (broad SMARTS) is 1. The Kier molecular flexibility index (Phi) is 21.9. The number of rotatable bonds is 20. The normalized spacial score (nSPS) is 10.7. The molecule has 23 heteroatoms. The molecule has 6 N–H and O–H groups in total. The monoisotopic (exact) mass is 1340 g/mol. The van der Waals surface area contributed by atoms with Crippen LogP contribution < -0.4 is 21.4 Å². The molecule has 0 aliphatic carbocycles. The van der Waals surface area contributed by atoms with E-state index < -0.39 is 13.1 Å². The Balaban J connectivity index is 0.000000133. The van der Waals surface area contributed by atoms with Crippen molar-refractivity contribution < 1.29 is 29.5 Å². The summed E-state index contributed by atoms with van der Waals surface area (Å²) in [5, 5.41) is 50.6. The lowest BCUT2D eigenvalue weighted by atomic mass is 9.81. The number of carboxylic acids is 1. The molecule has 0 radical (unpaired) electrons. The van der Waals surface area contributed by atoms with Gasteiger partial charge in [0.05, 0.1) is 0 Å². The Bertz CT molecular complexity index is 5230. The third-order valence-corrected chi connectivity index (χ3v) is 15.9. The van der Waals surface area contributed by atoms with Crippen LogP contribution in [-0.4, -0.2) is 99.6 Å². The van der Waals surface area contributed by atoms with Crippen LogP contribution in [0, 0.1) is 0 Å². The molecule has 0 aliphatic heterocycles. The SMILES string of the molecule is Clc1nc(NCc2ccccc2)c2c(-c3ccccc3)ccn2n1.O=C(O)CCc1cncc(-c2nc(NCc3ccccc3)c3c(-c4ccccc4)ccn3n2)c1.O=Cc1cncc(-c2nc(NCc3ccccc3)c3c(-c4ccccc4)ccn3n2)c1.O=Cc1cncc(B(O)O)c1. The van der Waals surface area contributed by atoms with Gasteiger partial charge in [-0.25, -0.2) is 23.5 Å². The largest absolute Gasteiger partial charge is 0.490 e. The van der Waals surface area contributed by atoms with E-state index in [2.05, 4.69) is 114 Å². The third-order valence-electron chi connectivity index (χ3n) is 15.7. The van der Waals surface area contributed by atoms with Crippen LogP contribution in [0.4, 0.5) is 17.5 Å². The molecule has 15 aromatic rings. The van der Waals surface area contributed by atoms with Crippen LogP contribution in [0.15, 0.2) is 274 Å². The van der Waals surface area contributed by atoms with Gasteiger partial charge in [0, 0.05) is 126 Å². The van der Waals surface area contributed by atoms with Crippen molar-refractivity contribution in [2.75, 3.05) is 16.0 Å². The number of hydrogen-bond acceptors (Lipinski definition) is 17. The number of halogens is 1. The highest BCUT2D eigenvalue weighted by atomic mass is 35.5. The number of nitrogens with zero attached hydrogens (tertiary/aromatic N) is 12. The predicted molar refractivity (Wildman–Crippen MR) is 389 cm³/mol. The Morgan fingerprint density at radius 2 is 0.790 bits per heavy atom. The first-order valence-electron chi connectivity index (χ1n) is 31.7. The second-order valence-electron chi connectivity index (χ2n) is 22.6. The second kappa shape index (κ2) is 32.7. The molecule has 100 heavy (non-hydrogen) atoms. The van der Waals surface area contributed by atoms with Crippen LogP contribution in [-0.2, 0) is 30.8 Å². The summed E-state index contributed by atoms with van der Waals surface area (Å²) in [6, 6.07) is 72.2. The maximum atomic E-state index is 11.2. The van der Waals surface area contributed by atoms with Gasteiger partial charge in [0.25, 0.3) is 0 Å². The highest BCUT2D eigenvalue weighted by Gasteiger charge is 2.20. The maximum absolute atomic E-state index is 11.2. The fourth-order valence-corrected chi connectivity index (χ4v) is 11.0. The van der Waals surface area contributed by atoms with Crippen LogP contribution in [0.2, 0.25) is 5.28 Å². The average Bonchev–Trinajstić information content (AvgIpc) is 1.58. The Morgan fingerprint density at radius 3 is 1.20 bits per heavy atom. The summed E-state index contributed by atoms with van der Waals surface area (Å²) < 4.78 is 5.43. The molecule has 0 aliphatic rings. The maximum Gasteiger partial charge on any atom is 0.490 e. The number of fused-ring (bicyclic) bond motifs is 3. The molecule has 492 valence electrons. The molecule has 0 saturated carbocycles. The van der Waals surface area contributed by atoms with E-state index in [4.69, 9.17) is 46.9 Å². The number of aldehydes is 2. The summed E-state index contributed by atoms with van der Waals surface area (Å²) in [5.74, 6) is 2.33. The van der Waals surface area contributed by atoms with Crippen LogP contribution >= 0.6 is 11.6 Å². The molecule has 0 atom stereocenters. The van der Waals surface area contributed by atoms with Crippen LogP contribution in [0.1, 0.15) is 49.4 Å².